The average molecular weight is 210 g/mol. The topological polar surface area (TPSA) is 15.3 Å². The number of nitrogens with one attached hydrogen (secondary N) is 1. The number of alkyl halides is 3. The van der Waals surface area contributed by atoms with Crippen molar-refractivity contribution in [2.45, 2.75) is 25.6 Å². The maximum atomic E-state index is 12.1. The summed E-state index contributed by atoms with van der Waals surface area (Å²) < 4.78 is 36.4. The zero-order chi connectivity index (χ0) is 10.8. The Bertz CT molecular complexity index is 181. The molecule has 14 heavy (non-hydrogen) atoms. The number of nitrogens with zero attached hydrogens (tertiary/aromatic N) is 1. The Kier molecular flexibility index (Phi) is 3.78. The van der Waals surface area contributed by atoms with Crippen molar-refractivity contribution in [2.75, 3.05) is 26.7 Å². The zero-order valence-electron chi connectivity index (χ0n) is 8.56. The van der Waals surface area contributed by atoms with Gasteiger partial charge in [-0.2, -0.15) is 13.2 Å². The highest BCUT2D eigenvalue weighted by Crippen LogP contribution is 2.22. The van der Waals surface area contributed by atoms with Gasteiger partial charge in [0.1, 0.15) is 0 Å². The second-order valence-corrected chi connectivity index (χ2v) is 4.07. The van der Waals surface area contributed by atoms with Crippen LogP contribution in [0.15, 0.2) is 0 Å². The first-order valence-electron chi connectivity index (χ1n) is 4.88. The van der Waals surface area contributed by atoms with Crippen molar-refractivity contribution in [1.82, 2.24) is 10.2 Å². The molecular formula is C9H17F3N2. The Morgan fingerprint density at radius 3 is 2.57 bits per heavy atom. The molecule has 1 rings (SSSR count). The van der Waals surface area contributed by atoms with Gasteiger partial charge in [-0.15, -0.1) is 0 Å². The van der Waals surface area contributed by atoms with E-state index in [9.17, 15) is 13.2 Å². The van der Waals surface area contributed by atoms with Crippen LogP contribution >= 0.6 is 0 Å². The lowest BCUT2D eigenvalue weighted by Gasteiger charge is -2.36. The van der Waals surface area contributed by atoms with E-state index in [-0.39, 0.29) is 12.0 Å². The van der Waals surface area contributed by atoms with Crippen molar-refractivity contribution >= 4 is 0 Å². The summed E-state index contributed by atoms with van der Waals surface area (Å²) >= 11 is 0. The summed E-state index contributed by atoms with van der Waals surface area (Å²) in [6.45, 7) is 2.82. The van der Waals surface area contributed by atoms with E-state index in [0.717, 1.165) is 19.5 Å². The van der Waals surface area contributed by atoms with Gasteiger partial charge in [-0.3, -0.25) is 4.90 Å². The van der Waals surface area contributed by atoms with Gasteiger partial charge in [-0.05, 0) is 32.5 Å². The summed E-state index contributed by atoms with van der Waals surface area (Å²) in [5, 5.41) is 3.17. The Morgan fingerprint density at radius 1 is 1.43 bits per heavy atom. The van der Waals surface area contributed by atoms with E-state index in [4.69, 9.17) is 0 Å². The van der Waals surface area contributed by atoms with Crippen LogP contribution in [0.5, 0.6) is 0 Å². The van der Waals surface area contributed by atoms with Crippen molar-refractivity contribution in [2.24, 2.45) is 5.92 Å². The second kappa shape index (κ2) is 4.49. The van der Waals surface area contributed by atoms with Crippen LogP contribution in [0.3, 0.4) is 0 Å². The van der Waals surface area contributed by atoms with Gasteiger partial charge < -0.3 is 5.32 Å². The van der Waals surface area contributed by atoms with Gasteiger partial charge in [-0.1, -0.05) is 6.92 Å². The molecule has 1 N–H and O–H groups in total. The fourth-order valence-electron chi connectivity index (χ4n) is 2.06. The maximum Gasteiger partial charge on any atom is 0.401 e. The Hall–Kier alpha value is -0.290. The monoisotopic (exact) mass is 210 g/mol. The molecule has 84 valence electrons. The highest BCUT2D eigenvalue weighted by Gasteiger charge is 2.34. The lowest BCUT2D eigenvalue weighted by molar-refractivity contribution is -0.150. The van der Waals surface area contributed by atoms with Crippen molar-refractivity contribution in [1.29, 1.82) is 0 Å². The van der Waals surface area contributed by atoms with E-state index < -0.39 is 12.7 Å². The molecular weight excluding hydrogens is 193 g/mol. The van der Waals surface area contributed by atoms with E-state index in [0.29, 0.717) is 0 Å². The fourth-order valence-corrected chi connectivity index (χ4v) is 2.06. The normalized spacial score (nSPS) is 29.6. The molecule has 1 fully saturated rings. The summed E-state index contributed by atoms with van der Waals surface area (Å²) in [6, 6.07) is 0.0536. The van der Waals surface area contributed by atoms with E-state index in [2.05, 4.69) is 5.32 Å². The molecule has 2 atom stereocenters. The predicted molar refractivity (Wildman–Crippen MR) is 49.1 cm³/mol. The third-order valence-corrected chi connectivity index (χ3v) is 2.73. The predicted octanol–water partition coefficient (Wildman–Crippen LogP) is 1.48. The van der Waals surface area contributed by atoms with Crippen LogP contribution in [0, 0.1) is 5.92 Å². The SMILES string of the molecule is CC1CNCCC1N(C)CC(F)(F)F. The molecule has 2 unspecified atom stereocenters. The number of rotatable bonds is 2. The minimum Gasteiger partial charge on any atom is -0.316 e. The Balaban J connectivity index is 2.46. The first-order valence-corrected chi connectivity index (χ1v) is 4.88. The van der Waals surface area contributed by atoms with Gasteiger partial charge in [0.2, 0.25) is 0 Å². The van der Waals surface area contributed by atoms with Gasteiger partial charge in [0.25, 0.3) is 0 Å². The molecule has 5 heteroatoms. The molecule has 0 aromatic carbocycles. The summed E-state index contributed by atoms with van der Waals surface area (Å²) in [4.78, 5) is 1.42. The standard InChI is InChI=1S/C9H17F3N2/c1-7-5-13-4-3-8(7)14(2)6-9(10,11)12/h7-8,13H,3-6H2,1-2H3. The van der Waals surface area contributed by atoms with Crippen LogP contribution in [-0.4, -0.2) is 43.8 Å². The highest BCUT2D eigenvalue weighted by atomic mass is 19.4. The van der Waals surface area contributed by atoms with Crippen LogP contribution in [0.4, 0.5) is 13.2 Å². The van der Waals surface area contributed by atoms with Crippen molar-refractivity contribution in [3.05, 3.63) is 0 Å². The average Bonchev–Trinajstić information content (AvgIpc) is 2.01. The van der Waals surface area contributed by atoms with Gasteiger partial charge in [0.05, 0.1) is 6.54 Å². The molecule has 1 heterocycles. The smallest absolute Gasteiger partial charge is 0.316 e. The molecule has 1 aliphatic heterocycles. The van der Waals surface area contributed by atoms with E-state index in [1.54, 1.807) is 7.05 Å². The van der Waals surface area contributed by atoms with Gasteiger partial charge in [0.15, 0.2) is 0 Å². The minimum atomic E-state index is -4.08. The highest BCUT2D eigenvalue weighted by molar-refractivity contribution is 4.82. The Labute approximate surface area is 82.5 Å². The summed E-state index contributed by atoms with van der Waals surface area (Å²) in [7, 11) is 1.56. The molecule has 0 radical (unpaired) electrons. The Morgan fingerprint density at radius 2 is 2.07 bits per heavy atom. The molecule has 2 nitrogen and oxygen atoms in total. The number of hydrogen-bond acceptors (Lipinski definition) is 2. The number of piperidine rings is 1. The quantitative estimate of drug-likeness (QED) is 0.742. The molecule has 0 amide bonds. The molecule has 0 aromatic rings. The van der Waals surface area contributed by atoms with E-state index >= 15 is 0 Å². The van der Waals surface area contributed by atoms with E-state index in [1.165, 1.54) is 4.90 Å². The van der Waals surface area contributed by atoms with Crippen LogP contribution in [0.1, 0.15) is 13.3 Å². The number of halogens is 3. The fraction of sp³-hybridized carbons (Fsp3) is 1.00. The number of hydrogen-bond donors (Lipinski definition) is 1. The van der Waals surface area contributed by atoms with Crippen molar-refractivity contribution in [3.8, 4) is 0 Å². The lowest BCUT2D eigenvalue weighted by atomic mass is 9.94. The van der Waals surface area contributed by atoms with Crippen molar-refractivity contribution in [3.63, 3.8) is 0 Å². The van der Waals surface area contributed by atoms with Crippen LogP contribution in [0.2, 0.25) is 0 Å². The maximum absolute atomic E-state index is 12.1. The van der Waals surface area contributed by atoms with Gasteiger partial charge in [0, 0.05) is 6.04 Å². The van der Waals surface area contributed by atoms with Crippen LogP contribution < -0.4 is 5.32 Å². The minimum absolute atomic E-state index is 0.0536. The molecule has 0 bridgehead atoms. The first-order chi connectivity index (χ1) is 6.40. The van der Waals surface area contributed by atoms with E-state index in [1.807, 2.05) is 6.92 Å². The van der Waals surface area contributed by atoms with Gasteiger partial charge >= 0.3 is 6.18 Å². The summed E-state index contributed by atoms with van der Waals surface area (Å²) in [5.41, 5.74) is 0. The largest absolute Gasteiger partial charge is 0.401 e. The first kappa shape index (κ1) is 11.8. The summed E-state index contributed by atoms with van der Waals surface area (Å²) in [6.07, 6.45) is -3.28. The molecule has 0 aromatic heterocycles. The summed E-state index contributed by atoms with van der Waals surface area (Å²) in [5.74, 6) is 0.288. The third kappa shape index (κ3) is 3.46. The molecule has 0 aliphatic carbocycles. The van der Waals surface area contributed by atoms with Crippen LogP contribution in [-0.2, 0) is 0 Å². The third-order valence-electron chi connectivity index (χ3n) is 2.73. The van der Waals surface area contributed by atoms with Crippen molar-refractivity contribution < 1.29 is 13.2 Å². The zero-order valence-corrected chi connectivity index (χ0v) is 8.56. The second-order valence-electron chi connectivity index (χ2n) is 4.07. The lowest BCUT2D eigenvalue weighted by Crippen LogP contribution is -2.49. The van der Waals surface area contributed by atoms with Crippen LogP contribution in [0.25, 0.3) is 0 Å². The molecule has 1 aliphatic rings. The molecule has 0 saturated carbocycles. The molecule has 1 saturated heterocycles. The van der Waals surface area contributed by atoms with Gasteiger partial charge in [-0.25, -0.2) is 0 Å². The molecule has 0 spiro atoms.